The van der Waals surface area contributed by atoms with Crippen LogP contribution in [0.5, 0.6) is 0 Å². The van der Waals surface area contributed by atoms with Crippen LogP contribution in [0.4, 0.5) is 0 Å². The number of ether oxygens (including phenoxy) is 2. The summed E-state index contributed by atoms with van der Waals surface area (Å²) in [6.45, 7) is 0.633. The molecule has 16 heavy (non-hydrogen) atoms. The molecule has 0 bridgehead atoms. The lowest BCUT2D eigenvalue weighted by Crippen LogP contribution is -2.22. The van der Waals surface area contributed by atoms with Crippen LogP contribution in [0.3, 0.4) is 0 Å². The number of cyclic esters (lactones) is 1. The van der Waals surface area contributed by atoms with Gasteiger partial charge < -0.3 is 9.47 Å². The monoisotopic (exact) mass is 224 g/mol. The fourth-order valence-electron chi connectivity index (χ4n) is 3.22. The van der Waals surface area contributed by atoms with Gasteiger partial charge in [0.1, 0.15) is 0 Å². The van der Waals surface area contributed by atoms with E-state index in [2.05, 4.69) is 0 Å². The summed E-state index contributed by atoms with van der Waals surface area (Å²) in [4.78, 5) is 11.7. The molecule has 4 atom stereocenters. The highest BCUT2D eigenvalue weighted by Gasteiger charge is 2.44. The van der Waals surface area contributed by atoms with Crippen molar-refractivity contribution >= 4 is 5.97 Å². The zero-order valence-electron chi connectivity index (χ0n) is 9.69. The van der Waals surface area contributed by atoms with Gasteiger partial charge in [0.15, 0.2) is 0 Å². The van der Waals surface area contributed by atoms with Gasteiger partial charge in [0, 0.05) is 0 Å². The minimum absolute atomic E-state index is 0.0522. The molecule has 4 unspecified atom stereocenters. The van der Waals surface area contributed by atoms with Gasteiger partial charge >= 0.3 is 5.97 Å². The van der Waals surface area contributed by atoms with Crippen LogP contribution in [0.1, 0.15) is 44.9 Å². The quantitative estimate of drug-likeness (QED) is 0.533. The molecular weight excluding hydrogens is 204 g/mol. The first-order valence-electron chi connectivity index (χ1n) is 6.65. The van der Waals surface area contributed by atoms with E-state index in [9.17, 15) is 4.79 Å². The third kappa shape index (κ3) is 2.24. The summed E-state index contributed by atoms with van der Waals surface area (Å²) >= 11 is 0. The van der Waals surface area contributed by atoms with E-state index in [4.69, 9.17) is 9.47 Å². The number of carbonyl (C=O) groups is 1. The van der Waals surface area contributed by atoms with Crippen molar-refractivity contribution in [3.63, 3.8) is 0 Å². The molecule has 3 fully saturated rings. The number of hydrogen-bond donors (Lipinski definition) is 0. The lowest BCUT2D eigenvalue weighted by Gasteiger charge is -2.22. The minimum Gasteiger partial charge on any atom is -0.465 e. The van der Waals surface area contributed by atoms with Crippen LogP contribution in [-0.2, 0) is 14.3 Å². The maximum Gasteiger partial charge on any atom is 0.308 e. The van der Waals surface area contributed by atoms with Gasteiger partial charge in [0.05, 0.1) is 24.7 Å². The largest absolute Gasteiger partial charge is 0.465 e. The second-order valence-corrected chi connectivity index (χ2v) is 5.49. The molecule has 3 nitrogen and oxygen atoms in total. The van der Waals surface area contributed by atoms with Crippen molar-refractivity contribution in [1.29, 1.82) is 0 Å². The molecule has 0 spiro atoms. The lowest BCUT2D eigenvalue weighted by molar-refractivity contribution is -0.148. The topological polar surface area (TPSA) is 38.8 Å². The molecule has 0 aromatic heterocycles. The lowest BCUT2D eigenvalue weighted by atomic mass is 9.81. The summed E-state index contributed by atoms with van der Waals surface area (Å²) in [6.07, 6.45) is 8.97. The maximum absolute atomic E-state index is 11.7. The first kappa shape index (κ1) is 10.6. The first-order chi connectivity index (χ1) is 7.83. The molecule has 1 aliphatic carbocycles. The molecular formula is C13H20O3. The summed E-state index contributed by atoms with van der Waals surface area (Å²) in [5.74, 6) is 0.915. The Morgan fingerprint density at radius 1 is 1.12 bits per heavy atom. The Hall–Kier alpha value is -0.570. The number of rotatable bonds is 2. The molecule has 2 saturated heterocycles. The number of carbonyl (C=O) groups excluding carboxylic acids is 1. The van der Waals surface area contributed by atoms with Gasteiger partial charge in [-0.1, -0.05) is 0 Å². The molecule has 2 heterocycles. The number of esters is 1. The van der Waals surface area contributed by atoms with Crippen molar-refractivity contribution in [2.45, 2.75) is 57.2 Å². The summed E-state index contributed by atoms with van der Waals surface area (Å²) < 4.78 is 10.8. The second kappa shape index (κ2) is 4.36. The summed E-state index contributed by atoms with van der Waals surface area (Å²) in [5.41, 5.74) is 0. The smallest absolute Gasteiger partial charge is 0.308 e. The predicted octanol–water partition coefficient (Wildman–Crippen LogP) is 2.29. The SMILES string of the molecule is O=C1OCCCCC1CC1CCC2OC2C1. The average Bonchev–Trinajstić information content (AvgIpc) is 3.05. The first-order valence-corrected chi connectivity index (χ1v) is 6.65. The molecule has 0 radical (unpaired) electrons. The van der Waals surface area contributed by atoms with Crippen LogP contribution in [-0.4, -0.2) is 24.8 Å². The molecule has 1 saturated carbocycles. The summed E-state index contributed by atoms with van der Waals surface area (Å²) in [5, 5.41) is 0. The third-order valence-electron chi connectivity index (χ3n) is 4.26. The standard InChI is InChI=1S/C13H20O3/c14-13-10(3-1-2-6-15-13)7-9-4-5-11-12(8-9)16-11/h9-12H,1-8H2. The normalized spacial score (nSPS) is 43.1. The molecule has 3 rings (SSSR count). The molecule has 3 heteroatoms. The van der Waals surface area contributed by atoms with Crippen LogP contribution in [0.25, 0.3) is 0 Å². The summed E-state index contributed by atoms with van der Waals surface area (Å²) in [7, 11) is 0. The van der Waals surface area contributed by atoms with Gasteiger partial charge in [-0.2, -0.15) is 0 Å². The Morgan fingerprint density at radius 3 is 2.94 bits per heavy atom. The molecule has 0 aromatic rings. The van der Waals surface area contributed by atoms with Crippen LogP contribution in [0.15, 0.2) is 0 Å². The van der Waals surface area contributed by atoms with Gasteiger partial charge in [-0.05, 0) is 50.9 Å². The number of hydrogen-bond acceptors (Lipinski definition) is 3. The van der Waals surface area contributed by atoms with Crippen LogP contribution >= 0.6 is 0 Å². The highest BCUT2D eigenvalue weighted by atomic mass is 16.6. The summed E-state index contributed by atoms with van der Waals surface area (Å²) in [6, 6.07) is 0. The van der Waals surface area contributed by atoms with E-state index in [0.29, 0.717) is 24.7 Å². The van der Waals surface area contributed by atoms with Gasteiger partial charge in [-0.3, -0.25) is 4.79 Å². The van der Waals surface area contributed by atoms with E-state index >= 15 is 0 Å². The van der Waals surface area contributed by atoms with E-state index < -0.39 is 0 Å². The van der Waals surface area contributed by atoms with E-state index in [-0.39, 0.29) is 11.9 Å². The van der Waals surface area contributed by atoms with Crippen molar-refractivity contribution < 1.29 is 14.3 Å². The fraction of sp³-hybridized carbons (Fsp3) is 0.923. The van der Waals surface area contributed by atoms with Crippen molar-refractivity contribution in [3.8, 4) is 0 Å². The Labute approximate surface area is 96.5 Å². The van der Waals surface area contributed by atoms with Gasteiger partial charge in [0.2, 0.25) is 0 Å². The molecule has 3 aliphatic rings. The number of fused-ring (bicyclic) bond motifs is 1. The molecule has 0 N–H and O–H groups in total. The van der Waals surface area contributed by atoms with E-state index in [1.807, 2.05) is 0 Å². The van der Waals surface area contributed by atoms with Crippen LogP contribution < -0.4 is 0 Å². The van der Waals surface area contributed by atoms with Crippen molar-refractivity contribution in [2.24, 2.45) is 11.8 Å². The van der Waals surface area contributed by atoms with Gasteiger partial charge in [-0.25, -0.2) is 0 Å². The Kier molecular flexibility index (Phi) is 2.88. The molecule has 0 aromatic carbocycles. The molecule has 2 aliphatic heterocycles. The highest BCUT2D eigenvalue weighted by molar-refractivity contribution is 5.72. The highest BCUT2D eigenvalue weighted by Crippen LogP contribution is 2.42. The van der Waals surface area contributed by atoms with Crippen LogP contribution in [0.2, 0.25) is 0 Å². The van der Waals surface area contributed by atoms with Crippen LogP contribution in [0, 0.1) is 11.8 Å². The van der Waals surface area contributed by atoms with E-state index in [0.717, 1.165) is 25.7 Å². The third-order valence-corrected chi connectivity index (χ3v) is 4.26. The van der Waals surface area contributed by atoms with Crippen molar-refractivity contribution in [2.75, 3.05) is 6.61 Å². The Balaban J connectivity index is 1.53. The second-order valence-electron chi connectivity index (χ2n) is 5.49. The zero-order valence-corrected chi connectivity index (χ0v) is 9.69. The molecule has 90 valence electrons. The average molecular weight is 224 g/mol. The van der Waals surface area contributed by atoms with E-state index in [1.165, 1.54) is 19.3 Å². The van der Waals surface area contributed by atoms with E-state index in [1.54, 1.807) is 0 Å². The van der Waals surface area contributed by atoms with Gasteiger partial charge in [0.25, 0.3) is 0 Å². The van der Waals surface area contributed by atoms with Crippen molar-refractivity contribution in [3.05, 3.63) is 0 Å². The number of epoxide rings is 1. The Bertz CT molecular complexity index is 276. The fourth-order valence-corrected chi connectivity index (χ4v) is 3.22. The molecule has 0 amide bonds. The zero-order chi connectivity index (χ0) is 11.0. The minimum atomic E-state index is 0.0522. The Morgan fingerprint density at radius 2 is 2.06 bits per heavy atom. The van der Waals surface area contributed by atoms with Crippen molar-refractivity contribution in [1.82, 2.24) is 0 Å². The maximum atomic E-state index is 11.7. The van der Waals surface area contributed by atoms with Gasteiger partial charge in [-0.15, -0.1) is 0 Å². The predicted molar refractivity (Wildman–Crippen MR) is 58.9 cm³/mol.